The zero-order valence-corrected chi connectivity index (χ0v) is 15.9. The predicted molar refractivity (Wildman–Crippen MR) is 106 cm³/mol. The van der Waals surface area contributed by atoms with Gasteiger partial charge in [-0.15, -0.1) is 0 Å². The number of hydrogen-bond acceptors (Lipinski definition) is 5. The first-order valence-corrected chi connectivity index (χ1v) is 9.13. The summed E-state index contributed by atoms with van der Waals surface area (Å²) in [5.74, 6) is 0.0729. The molecule has 4 aromatic rings. The number of rotatable bonds is 5. The summed E-state index contributed by atoms with van der Waals surface area (Å²) in [4.78, 5) is 11.8. The summed E-state index contributed by atoms with van der Waals surface area (Å²) in [5.41, 5.74) is 1.23. The Morgan fingerprint density at radius 2 is 1.70 bits per heavy atom. The van der Waals surface area contributed by atoms with E-state index in [1.807, 2.05) is 43.5 Å². The number of alkyl halides is 3. The van der Waals surface area contributed by atoms with Gasteiger partial charge < -0.3 is 5.32 Å². The fourth-order valence-corrected chi connectivity index (χ4v) is 2.94. The average Bonchev–Trinajstić information content (AvgIpc) is 3.28. The maximum Gasteiger partial charge on any atom is 0.433 e. The number of benzene rings is 1. The van der Waals surface area contributed by atoms with Crippen molar-refractivity contribution in [1.29, 1.82) is 0 Å². The Kier molecular flexibility index (Phi) is 5.18. The lowest BCUT2D eigenvalue weighted by Crippen LogP contribution is -2.14. The number of nitrogens with zero attached hydrogens (tertiary/aromatic N) is 5. The molecule has 0 aliphatic rings. The van der Waals surface area contributed by atoms with Gasteiger partial charge in [-0.2, -0.15) is 18.3 Å². The van der Waals surface area contributed by atoms with Crippen molar-refractivity contribution in [2.24, 2.45) is 0 Å². The van der Waals surface area contributed by atoms with Crippen LogP contribution in [0.4, 0.5) is 19.0 Å². The Labute approximate surface area is 170 Å². The van der Waals surface area contributed by atoms with E-state index in [0.717, 1.165) is 17.3 Å². The Balaban J connectivity index is 1.61. The van der Waals surface area contributed by atoms with Crippen molar-refractivity contribution in [2.75, 3.05) is 5.32 Å². The number of hydrogen-bond donors (Lipinski definition) is 1. The monoisotopic (exact) mass is 410 g/mol. The van der Waals surface area contributed by atoms with E-state index in [-0.39, 0.29) is 17.7 Å². The van der Waals surface area contributed by atoms with E-state index in [9.17, 15) is 13.2 Å². The van der Waals surface area contributed by atoms with Crippen molar-refractivity contribution >= 4 is 5.82 Å². The minimum Gasteiger partial charge on any atom is -0.363 e. The molecule has 0 spiro atoms. The zero-order valence-electron chi connectivity index (χ0n) is 15.9. The first kappa shape index (κ1) is 19.6. The van der Waals surface area contributed by atoms with Crippen LogP contribution in [-0.2, 0) is 6.18 Å². The third-order valence-electron chi connectivity index (χ3n) is 4.48. The van der Waals surface area contributed by atoms with Gasteiger partial charge in [-0.25, -0.2) is 14.6 Å². The second kappa shape index (κ2) is 7.94. The van der Waals surface area contributed by atoms with Crippen LogP contribution in [0.1, 0.15) is 24.2 Å². The molecular weight excluding hydrogens is 393 g/mol. The van der Waals surface area contributed by atoms with Crippen LogP contribution in [0.25, 0.3) is 17.1 Å². The van der Waals surface area contributed by atoms with Gasteiger partial charge in [0, 0.05) is 42.5 Å². The number of halogens is 3. The third-order valence-corrected chi connectivity index (χ3v) is 4.48. The van der Waals surface area contributed by atoms with Gasteiger partial charge >= 0.3 is 6.18 Å². The summed E-state index contributed by atoms with van der Waals surface area (Å²) in [6.07, 6.45) is 1.89. The molecular formula is C21H17F3N6. The molecule has 152 valence electrons. The number of nitrogens with one attached hydrogen (secondary N) is 1. The molecule has 1 aromatic carbocycles. The van der Waals surface area contributed by atoms with E-state index in [2.05, 4.69) is 25.4 Å². The van der Waals surface area contributed by atoms with E-state index in [4.69, 9.17) is 0 Å². The molecule has 4 rings (SSSR count). The van der Waals surface area contributed by atoms with Gasteiger partial charge in [0.25, 0.3) is 0 Å². The summed E-state index contributed by atoms with van der Waals surface area (Å²) >= 11 is 0. The lowest BCUT2D eigenvalue weighted by molar-refractivity contribution is -0.141. The van der Waals surface area contributed by atoms with Crippen molar-refractivity contribution in [3.8, 4) is 17.1 Å². The predicted octanol–water partition coefficient (Wildman–Crippen LogP) is 4.92. The normalized spacial score (nSPS) is 12.5. The van der Waals surface area contributed by atoms with Crippen LogP contribution in [0.5, 0.6) is 0 Å². The second-order valence-electron chi connectivity index (χ2n) is 6.60. The van der Waals surface area contributed by atoms with Crippen molar-refractivity contribution in [2.45, 2.75) is 19.1 Å². The number of aromatic nitrogens is 5. The molecule has 0 aliphatic heterocycles. The van der Waals surface area contributed by atoms with Crippen LogP contribution in [0.3, 0.4) is 0 Å². The smallest absolute Gasteiger partial charge is 0.363 e. The minimum absolute atomic E-state index is 0.0176. The maximum atomic E-state index is 13.4. The van der Waals surface area contributed by atoms with E-state index in [1.165, 1.54) is 12.4 Å². The van der Waals surface area contributed by atoms with E-state index >= 15 is 0 Å². The summed E-state index contributed by atoms with van der Waals surface area (Å²) < 4.78 is 41.8. The molecule has 6 nitrogen and oxygen atoms in total. The van der Waals surface area contributed by atoms with Crippen molar-refractivity contribution < 1.29 is 13.2 Å². The highest BCUT2D eigenvalue weighted by atomic mass is 19.4. The van der Waals surface area contributed by atoms with Crippen LogP contribution in [0.15, 0.2) is 73.3 Å². The SMILES string of the molecule is CC(Nc1cc(C(F)(F)F)nc(-c2ccncc2)n1)c1ccc(-n2cccn2)cc1. The fraction of sp³-hybridized carbons (Fsp3) is 0.143. The van der Waals surface area contributed by atoms with Gasteiger partial charge in [-0.1, -0.05) is 12.1 Å². The molecule has 0 bridgehead atoms. The van der Waals surface area contributed by atoms with Crippen LogP contribution in [0.2, 0.25) is 0 Å². The molecule has 1 N–H and O–H groups in total. The van der Waals surface area contributed by atoms with E-state index in [0.29, 0.717) is 5.56 Å². The molecule has 0 fully saturated rings. The summed E-state index contributed by atoms with van der Waals surface area (Å²) in [6, 6.07) is 13.2. The number of anilines is 1. The second-order valence-corrected chi connectivity index (χ2v) is 6.60. The largest absolute Gasteiger partial charge is 0.433 e. The molecule has 3 aromatic heterocycles. The summed E-state index contributed by atoms with van der Waals surface area (Å²) in [7, 11) is 0. The van der Waals surface area contributed by atoms with Crippen molar-refractivity contribution in [3.63, 3.8) is 0 Å². The Morgan fingerprint density at radius 3 is 2.33 bits per heavy atom. The Morgan fingerprint density at radius 1 is 0.967 bits per heavy atom. The fourth-order valence-electron chi connectivity index (χ4n) is 2.94. The highest BCUT2D eigenvalue weighted by Gasteiger charge is 2.34. The Bertz CT molecular complexity index is 1110. The zero-order chi connectivity index (χ0) is 21.1. The molecule has 0 amide bonds. The molecule has 30 heavy (non-hydrogen) atoms. The van der Waals surface area contributed by atoms with Crippen molar-refractivity contribution in [3.05, 3.63) is 84.6 Å². The van der Waals surface area contributed by atoms with Gasteiger partial charge in [0.2, 0.25) is 0 Å². The molecule has 0 saturated heterocycles. The number of pyridine rings is 1. The van der Waals surface area contributed by atoms with E-state index < -0.39 is 11.9 Å². The third kappa shape index (κ3) is 4.29. The minimum atomic E-state index is -4.59. The molecule has 0 radical (unpaired) electrons. The molecule has 1 unspecified atom stereocenters. The van der Waals surface area contributed by atoms with E-state index in [1.54, 1.807) is 23.0 Å². The molecule has 3 heterocycles. The van der Waals surface area contributed by atoms with Crippen molar-refractivity contribution in [1.82, 2.24) is 24.7 Å². The van der Waals surface area contributed by atoms with Gasteiger partial charge in [0.1, 0.15) is 5.82 Å². The highest BCUT2D eigenvalue weighted by molar-refractivity contribution is 5.57. The van der Waals surface area contributed by atoms with Gasteiger partial charge in [-0.05, 0) is 42.8 Å². The molecule has 9 heteroatoms. The molecule has 0 aliphatic carbocycles. The standard InChI is InChI=1S/C21H17F3N6/c1-14(15-3-5-17(6-4-15)30-12-2-9-26-30)27-19-13-18(21(22,23)24)28-20(29-19)16-7-10-25-11-8-16/h2-14H,1H3,(H,27,28,29). The van der Waals surface area contributed by atoms with Crippen LogP contribution in [-0.4, -0.2) is 24.7 Å². The topological polar surface area (TPSA) is 68.5 Å². The van der Waals surface area contributed by atoms with Gasteiger partial charge in [0.05, 0.1) is 5.69 Å². The lowest BCUT2D eigenvalue weighted by atomic mass is 10.1. The lowest BCUT2D eigenvalue weighted by Gasteiger charge is -2.17. The highest BCUT2D eigenvalue weighted by Crippen LogP contribution is 2.31. The molecule has 1 atom stereocenters. The average molecular weight is 410 g/mol. The van der Waals surface area contributed by atoms with Crippen LogP contribution in [0, 0.1) is 0 Å². The summed E-state index contributed by atoms with van der Waals surface area (Å²) in [6.45, 7) is 1.85. The first-order chi connectivity index (χ1) is 14.4. The van der Waals surface area contributed by atoms with Crippen LogP contribution >= 0.6 is 0 Å². The van der Waals surface area contributed by atoms with Gasteiger partial charge in [-0.3, -0.25) is 4.98 Å². The van der Waals surface area contributed by atoms with Gasteiger partial charge in [0.15, 0.2) is 11.5 Å². The maximum absolute atomic E-state index is 13.4. The summed E-state index contributed by atoms with van der Waals surface area (Å²) in [5, 5.41) is 7.22. The first-order valence-electron chi connectivity index (χ1n) is 9.13. The van der Waals surface area contributed by atoms with Crippen LogP contribution < -0.4 is 5.32 Å². The quantitative estimate of drug-likeness (QED) is 0.506. The molecule has 0 saturated carbocycles. The Hall–Kier alpha value is -3.75.